The average Bonchev–Trinajstić information content (AvgIpc) is 2.10. The molecule has 0 spiro atoms. The summed E-state index contributed by atoms with van der Waals surface area (Å²) in [5.74, 6) is -13.0. The van der Waals surface area contributed by atoms with Crippen molar-refractivity contribution in [2.45, 2.75) is 45.2 Å². The first-order chi connectivity index (χ1) is 8.10. The highest BCUT2D eigenvalue weighted by Gasteiger charge is 2.73. The molecule has 2 nitrogen and oxygen atoms in total. The highest BCUT2D eigenvalue weighted by atomic mass is 19.4. The van der Waals surface area contributed by atoms with E-state index in [4.69, 9.17) is 0 Å². The second kappa shape index (κ2) is 5.16. The summed E-state index contributed by atoms with van der Waals surface area (Å²) in [5, 5.41) is 0. The van der Waals surface area contributed by atoms with Crippen molar-refractivity contribution in [3.8, 4) is 0 Å². The van der Waals surface area contributed by atoms with Gasteiger partial charge in [0.1, 0.15) is 0 Å². The van der Waals surface area contributed by atoms with E-state index in [0.29, 0.717) is 0 Å². The van der Waals surface area contributed by atoms with E-state index in [0.717, 1.165) is 0 Å². The molecule has 0 heterocycles. The van der Waals surface area contributed by atoms with Crippen LogP contribution in [0.2, 0.25) is 0 Å². The average molecular weight is 298 g/mol. The Morgan fingerprint density at radius 3 is 1.68 bits per heavy atom. The third-order valence-corrected chi connectivity index (χ3v) is 1.90. The Balaban J connectivity index is 4.68. The number of ether oxygens (including phenoxy) is 1. The van der Waals surface area contributed by atoms with Gasteiger partial charge >= 0.3 is 24.0 Å². The maximum atomic E-state index is 12.7. The minimum atomic E-state index is -6.42. The molecule has 9 heteroatoms. The van der Waals surface area contributed by atoms with Crippen LogP contribution >= 0.6 is 0 Å². The monoisotopic (exact) mass is 298 g/mol. The van der Waals surface area contributed by atoms with Gasteiger partial charge in [0.15, 0.2) is 6.61 Å². The Labute approximate surface area is 104 Å². The number of carbonyl (C=O) groups is 1. The first-order valence-electron chi connectivity index (χ1n) is 5.08. The fourth-order valence-electron chi connectivity index (χ4n) is 0.953. The van der Waals surface area contributed by atoms with Crippen LogP contribution in [0, 0.1) is 5.41 Å². The summed E-state index contributed by atoms with van der Waals surface area (Å²) in [5.41, 5.74) is -0.668. The summed E-state index contributed by atoms with van der Waals surface area (Å²) in [4.78, 5) is 11.0. The van der Waals surface area contributed by atoms with Crippen molar-refractivity contribution in [1.29, 1.82) is 0 Å². The molecule has 0 aliphatic carbocycles. The molecule has 0 aromatic rings. The zero-order valence-corrected chi connectivity index (χ0v) is 10.4. The van der Waals surface area contributed by atoms with Crippen LogP contribution in [-0.4, -0.2) is 30.6 Å². The van der Waals surface area contributed by atoms with E-state index >= 15 is 0 Å². The molecule has 0 aromatic carbocycles. The highest BCUT2D eigenvalue weighted by molar-refractivity contribution is 5.70. The van der Waals surface area contributed by atoms with E-state index in [9.17, 15) is 35.5 Å². The highest BCUT2D eigenvalue weighted by Crippen LogP contribution is 2.46. The summed E-state index contributed by atoms with van der Waals surface area (Å²) in [6.45, 7) is 2.29. The Hall–Kier alpha value is -1.02. The van der Waals surface area contributed by atoms with Gasteiger partial charge in [-0.3, -0.25) is 4.79 Å². The molecule has 0 saturated heterocycles. The molecule has 0 aliphatic heterocycles. The lowest BCUT2D eigenvalue weighted by molar-refractivity contribution is -0.359. The molecule has 0 bridgehead atoms. The van der Waals surface area contributed by atoms with Gasteiger partial charge in [-0.2, -0.15) is 30.7 Å². The van der Waals surface area contributed by atoms with E-state index < -0.39 is 36.0 Å². The minimum Gasteiger partial charge on any atom is -0.459 e. The topological polar surface area (TPSA) is 26.3 Å². The number of rotatable bonds is 4. The molecule has 0 unspecified atom stereocenters. The molecule has 0 radical (unpaired) electrons. The standard InChI is InChI=1S/C10H13F7O2/c1-7(2,3)4-6(18)19-5-8(11,12)9(13,14)10(15,16)17/h4-5H2,1-3H3. The van der Waals surface area contributed by atoms with E-state index in [2.05, 4.69) is 4.74 Å². The molecule has 0 fully saturated rings. The summed E-state index contributed by atoms with van der Waals surface area (Å²) in [7, 11) is 0. The molecular weight excluding hydrogens is 285 g/mol. The van der Waals surface area contributed by atoms with Crippen LogP contribution in [0.15, 0.2) is 0 Å². The third-order valence-electron chi connectivity index (χ3n) is 1.90. The van der Waals surface area contributed by atoms with Crippen LogP contribution in [0.1, 0.15) is 27.2 Å². The predicted molar refractivity (Wildman–Crippen MR) is 51.0 cm³/mol. The van der Waals surface area contributed by atoms with Gasteiger partial charge in [-0.25, -0.2) is 0 Å². The first-order valence-corrected chi connectivity index (χ1v) is 5.08. The Kier molecular flexibility index (Phi) is 4.89. The van der Waals surface area contributed by atoms with Crippen LogP contribution in [-0.2, 0) is 9.53 Å². The molecule has 0 saturated carbocycles. The molecule has 0 atom stereocenters. The second-order valence-electron chi connectivity index (χ2n) is 5.17. The van der Waals surface area contributed by atoms with E-state index in [1.54, 1.807) is 0 Å². The minimum absolute atomic E-state index is 0.388. The lowest BCUT2D eigenvalue weighted by atomic mass is 9.92. The summed E-state index contributed by atoms with van der Waals surface area (Å²) >= 11 is 0. The lowest BCUT2D eigenvalue weighted by Crippen LogP contribution is -2.54. The predicted octanol–water partition coefficient (Wildman–Crippen LogP) is 3.80. The van der Waals surface area contributed by atoms with E-state index in [-0.39, 0.29) is 6.42 Å². The quantitative estimate of drug-likeness (QED) is 0.583. The smallest absolute Gasteiger partial charge is 0.459 e. The second-order valence-corrected chi connectivity index (χ2v) is 5.17. The van der Waals surface area contributed by atoms with Gasteiger partial charge in [-0.15, -0.1) is 0 Å². The van der Waals surface area contributed by atoms with Crippen molar-refractivity contribution in [2.75, 3.05) is 6.61 Å². The number of hydrogen-bond acceptors (Lipinski definition) is 2. The summed E-state index contributed by atoms with van der Waals surface area (Å²) < 4.78 is 89.4. The Morgan fingerprint density at radius 2 is 1.37 bits per heavy atom. The first kappa shape index (κ1) is 18.0. The summed E-state index contributed by atoms with van der Waals surface area (Å²) in [6.07, 6.45) is -6.81. The molecule has 0 amide bonds. The van der Waals surface area contributed by atoms with Gasteiger partial charge < -0.3 is 4.74 Å². The van der Waals surface area contributed by atoms with Gasteiger partial charge in [0, 0.05) is 0 Å². The number of esters is 1. The van der Waals surface area contributed by atoms with E-state index in [1.165, 1.54) is 20.8 Å². The van der Waals surface area contributed by atoms with Crippen molar-refractivity contribution in [1.82, 2.24) is 0 Å². The van der Waals surface area contributed by atoms with Crippen LogP contribution in [0.3, 0.4) is 0 Å². The fraction of sp³-hybridized carbons (Fsp3) is 0.900. The van der Waals surface area contributed by atoms with Crippen molar-refractivity contribution in [2.24, 2.45) is 5.41 Å². The van der Waals surface area contributed by atoms with Gasteiger partial charge in [0.05, 0.1) is 6.42 Å². The Bertz CT molecular complexity index is 328. The third kappa shape index (κ3) is 4.87. The van der Waals surface area contributed by atoms with Gasteiger partial charge in [-0.1, -0.05) is 20.8 Å². The molecule has 0 N–H and O–H groups in total. The van der Waals surface area contributed by atoms with Crippen molar-refractivity contribution in [3.63, 3.8) is 0 Å². The van der Waals surface area contributed by atoms with Crippen LogP contribution in [0.5, 0.6) is 0 Å². The molecule has 0 aromatic heterocycles. The molecule has 0 rings (SSSR count). The normalized spacial score (nSPS) is 14.4. The van der Waals surface area contributed by atoms with Gasteiger partial charge in [0.25, 0.3) is 0 Å². The summed E-state index contributed by atoms with van der Waals surface area (Å²) in [6, 6.07) is 0. The van der Waals surface area contributed by atoms with Crippen LogP contribution in [0.4, 0.5) is 30.7 Å². The number of halogens is 7. The van der Waals surface area contributed by atoms with Crippen molar-refractivity contribution in [3.05, 3.63) is 0 Å². The SMILES string of the molecule is CC(C)(C)CC(=O)OCC(F)(F)C(F)(F)C(F)(F)F. The zero-order chi connectivity index (χ0) is 15.7. The van der Waals surface area contributed by atoms with Crippen molar-refractivity contribution >= 4 is 5.97 Å². The molecule has 114 valence electrons. The lowest BCUT2D eigenvalue weighted by Gasteiger charge is -2.28. The fourth-order valence-corrected chi connectivity index (χ4v) is 0.953. The van der Waals surface area contributed by atoms with Crippen LogP contribution < -0.4 is 0 Å². The zero-order valence-electron chi connectivity index (χ0n) is 10.4. The van der Waals surface area contributed by atoms with Gasteiger partial charge in [-0.05, 0) is 5.41 Å². The van der Waals surface area contributed by atoms with Crippen LogP contribution in [0.25, 0.3) is 0 Å². The van der Waals surface area contributed by atoms with E-state index in [1.807, 2.05) is 0 Å². The molecule has 0 aliphatic rings. The molecular formula is C10H13F7O2. The Morgan fingerprint density at radius 1 is 0.947 bits per heavy atom. The maximum Gasteiger partial charge on any atom is 0.460 e. The van der Waals surface area contributed by atoms with Crippen molar-refractivity contribution < 1.29 is 40.3 Å². The number of hydrogen-bond donors (Lipinski definition) is 0. The largest absolute Gasteiger partial charge is 0.460 e. The van der Waals surface area contributed by atoms with Gasteiger partial charge in [0.2, 0.25) is 0 Å². The molecule has 19 heavy (non-hydrogen) atoms. The number of alkyl halides is 7. The number of carbonyl (C=O) groups excluding carboxylic acids is 1. The maximum absolute atomic E-state index is 12.7.